The van der Waals surface area contributed by atoms with E-state index in [1.807, 2.05) is 18.5 Å². The third-order valence-electron chi connectivity index (χ3n) is 5.52. The van der Waals surface area contributed by atoms with Crippen molar-refractivity contribution >= 4 is 16.6 Å². The van der Waals surface area contributed by atoms with Gasteiger partial charge in [-0.2, -0.15) is 0 Å². The largest absolute Gasteiger partial charge is 0.361 e. The van der Waals surface area contributed by atoms with Gasteiger partial charge in [0.05, 0.1) is 11.4 Å². The van der Waals surface area contributed by atoms with Crippen molar-refractivity contribution in [3.05, 3.63) is 59.1 Å². The first-order chi connectivity index (χ1) is 13.3. The van der Waals surface area contributed by atoms with Crippen LogP contribution in [0.3, 0.4) is 0 Å². The maximum Gasteiger partial charge on any atom is 0.173 e. The molecule has 0 saturated carbocycles. The van der Waals surface area contributed by atoms with Gasteiger partial charge in [0.25, 0.3) is 0 Å². The number of aliphatic imine (C=N–C) groups is 1. The van der Waals surface area contributed by atoms with Crippen LogP contribution in [0.2, 0.25) is 0 Å². The fourth-order valence-corrected chi connectivity index (χ4v) is 4.06. The molecule has 0 bridgehead atoms. The molecule has 6 heteroatoms. The van der Waals surface area contributed by atoms with Gasteiger partial charge in [-0.3, -0.25) is 9.89 Å². The first-order valence-corrected chi connectivity index (χ1v) is 9.62. The lowest BCUT2D eigenvalue weighted by molar-refractivity contribution is 0.243. The zero-order chi connectivity index (χ0) is 18.2. The summed E-state index contributed by atoms with van der Waals surface area (Å²) in [5, 5.41) is 1.09. The molecular weight excluding hydrogens is 341 g/mol. The molecule has 0 atom stereocenters. The van der Waals surface area contributed by atoms with Crippen molar-refractivity contribution in [1.29, 1.82) is 0 Å². The summed E-state index contributed by atoms with van der Waals surface area (Å²) < 4.78 is 13.4. The lowest BCUT2D eigenvalue weighted by Gasteiger charge is -2.28. The first-order valence-electron chi connectivity index (χ1n) is 9.62. The molecule has 4 heterocycles. The van der Waals surface area contributed by atoms with Gasteiger partial charge in [-0.05, 0) is 43.0 Å². The van der Waals surface area contributed by atoms with Crippen LogP contribution in [0, 0.1) is 5.82 Å². The number of H-pyrrole nitrogens is 1. The lowest BCUT2D eigenvalue weighted by Crippen LogP contribution is -2.31. The molecule has 1 N–H and O–H groups in total. The quantitative estimate of drug-likeness (QED) is 0.773. The lowest BCUT2D eigenvalue weighted by atomic mass is 10.0. The van der Waals surface area contributed by atoms with E-state index in [1.165, 1.54) is 30.0 Å². The third kappa shape index (κ3) is 3.25. The van der Waals surface area contributed by atoms with Crippen LogP contribution in [0.1, 0.15) is 41.9 Å². The fraction of sp³-hybridized carbons (Fsp3) is 0.381. The average molecular weight is 363 g/mol. The van der Waals surface area contributed by atoms with Gasteiger partial charge >= 0.3 is 0 Å². The SMILES string of the molecule is Fc1ccc2c(CN3CCc4nc(C5=NCCCC5)ncc4C3)c[nH]c2c1. The first kappa shape index (κ1) is 16.6. The molecule has 1 aromatic carbocycles. The average Bonchev–Trinajstić information content (AvgIpc) is 3.10. The third-order valence-corrected chi connectivity index (χ3v) is 5.52. The van der Waals surface area contributed by atoms with Crippen LogP contribution in [0.15, 0.2) is 35.6 Å². The molecule has 5 nitrogen and oxygen atoms in total. The van der Waals surface area contributed by atoms with E-state index in [4.69, 9.17) is 4.98 Å². The summed E-state index contributed by atoms with van der Waals surface area (Å²) in [7, 11) is 0. The van der Waals surface area contributed by atoms with Crippen LogP contribution >= 0.6 is 0 Å². The Bertz CT molecular complexity index is 1020. The molecule has 2 aliphatic heterocycles. The standard InChI is InChI=1S/C21H22FN5/c22-16-4-5-17-14(10-24-20(17)9-16)12-27-8-6-18-15(13-27)11-25-21(26-18)19-3-1-2-7-23-19/h4-5,9-11,24H,1-3,6-8,12-13H2. The summed E-state index contributed by atoms with van der Waals surface area (Å²) in [6.07, 6.45) is 8.23. The second-order valence-electron chi connectivity index (χ2n) is 7.42. The van der Waals surface area contributed by atoms with Crippen LogP contribution in [0.25, 0.3) is 10.9 Å². The summed E-state index contributed by atoms with van der Waals surface area (Å²) in [4.78, 5) is 19.6. The predicted octanol–water partition coefficient (Wildman–Crippen LogP) is 3.63. The molecule has 2 aromatic heterocycles. The summed E-state index contributed by atoms with van der Waals surface area (Å²) in [5.74, 6) is 0.610. The Balaban J connectivity index is 1.34. The number of aromatic amines is 1. The Morgan fingerprint density at radius 3 is 3.04 bits per heavy atom. The van der Waals surface area contributed by atoms with E-state index in [0.29, 0.717) is 0 Å². The summed E-state index contributed by atoms with van der Waals surface area (Å²) in [6.45, 7) is 3.54. The van der Waals surface area contributed by atoms with Crippen molar-refractivity contribution in [2.24, 2.45) is 4.99 Å². The zero-order valence-corrected chi connectivity index (χ0v) is 15.2. The Morgan fingerprint density at radius 1 is 1.19 bits per heavy atom. The van der Waals surface area contributed by atoms with E-state index in [-0.39, 0.29) is 5.82 Å². The van der Waals surface area contributed by atoms with E-state index in [0.717, 1.165) is 67.2 Å². The highest BCUT2D eigenvalue weighted by Gasteiger charge is 2.21. The number of nitrogens with zero attached hydrogens (tertiary/aromatic N) is 4. The van der Waals surface area contributed by atoms with E-state index in [1.54, 1.807) is 6.07 Å². The van der Waals surface area contributed by atoms with Crippen molar-refractivity contribution in [3.8, 4) is 0 Å². The number of rotatable bonds is 3. The number of aromatic nitrogens is 3. The molecule has 0 unspecified atom stereocenters. The van der Waals surface area contributed by atoms with Gasteiger partial charge in [0.2, 0.25) is 0 Å². The Hall–Kier alpha value is -2.60. The van der Waals surface area contributed by atoms with Crippen molar-refractivity contribution < 1.29 is 4.39 Å². The number of benzene rings is 1. The molecule has 138 valence electrons. The molecule has 3 aromatic rings. The maximum atomic E-state index is 13.4. The fourth-order valence-electron chi connectivity index (χ4n) is 4.06. The Morgan fingerprint density at radius 2 is 2.15 bits per heavy atom. The molecule has 0 amide bonds. The van der Waals surface area contributed by atoms with Gasteiger partial charge in [0.1, 0.15) is 5.82 Å². The molecule has 0 fully saturated rings. The summed E-state index contributed by atoms with van der Waals surface area (Å²) in [6, 6.07) is 4.93. The number of fused-ring (bicyclic) bond motifs is 2. The minimum Gasteiger partial charge on any atom is -0.361 e. The number of nitrogens with one attached hydrogen (secondary N) is 1. The maximum absolute atomic E-state index is 13.4. The molecule has 0 spiro atoms. The summed E-state index contributed by atoms with van der Waals surface area (Å²) in [5.41, 5.74) is 5.47. The molecule has 5 rings (SSSR count). The predicted molar refractivity (Wildman–Crippen MR) is 103 cm³/mol. The second-order valence-corrected chi connectivity index (χ2v) is 7.42. The smallest absolute Gasteiger partial charge is 0.173 e. The monoisotopic (exact) mass is 363 g/mol. The van der Waals surface area contributed by atoms with Gasteiger partial charge in [0, 0.05) is 61.5 Å². The number of hydrogen-bond donors (Lipinski definition) is 1. The van der Waals surface area contributed by atoms with Gasteiger partial charge in [-0.25, -0.2) is 14.4 Å². The molecule has 0 aliphatic carbocycles. The molecular formula is C21H22FN5. The Kier molecular flexibility index (Phi) is 4.20. The highest BCUT2D eigenvalue weighted by atomic mass is 19.1. The summed E-state index contributed by atoms with van der Waals surface area (Å²) >= 11 is 0. The van der Waals surface area contributed by atoms with Crippen molar-refractivity contribution in [1.82, 2.24) is 19.9 Å². The molecule has 27 heavy (non-hydrogen) atoms. The van der Waals surface area contributed by atoms with E-state index in [2.05, 4.69) is 19.9 Å². The van der Waals surface area contributed by atoms with E-state index >= 15 is 0 Å². The van der Waals surface area contributed by atoms with Gasteiger partial charge in [-0.1, -0.05) is 0 Å². The van der Waals surface area contributed by atoms with Gasteiger partial charge in [-0.15, -0.1) is 0 Å². The number of halogens is 1. The second kappa shape index (κ2) is 6.85. The normalized spacial score (nSPS) is 17.7. The van der Waals surface area contributed by atoms with E-state index in [9.17, 15) is 4.39 Å². The minimum absolute atomic E-state index is 0.210. The highest BCUT2D eigenvalue weighted by Crippen LogP contribution is 2.24. The number of hydrogen-bond acceptors (Lipinski definition) is 4. The van der Waals surface area contributed by atoms with Crippen LogP contribution < -0.4 is 0 Å². The minimum atomic E-state index is -0.210. The topological polar surface area (TPSA) is 57.2 Å². The van der Waals surface area contributed by atoms with Crippen LogP contribution in [-0.2, 0) is 19.5 Å². The van der Waals surface area contributed by atoms with Gasteiger partial charge in [0.15, 0.2) is 5.82 Å². The van der Waals surface area contributed by atoms with Crippen LogP contribution in [-0.4, -0.2) is 38.7 Å². The van der Waals surface area contributed by atoms with Crippen molar-refractivity contribution in [2.75, 3.05) is 13.1 Å². The van der Waals surface area contributed by atoms with Crippen LogP contribution in [0.5, 0.6) is 0 Å². The Labute approximate surface area is 157 Å². The molecule has 2 aliphatic rings. The van der Waals surface area contributed by atoms with Crippen LogP contribution in [0.4, 0.5) is 4.39 Å². The molecule has 0 saturated heterocycles. The zero-order valence-electron chi connectivity index (χ0n) is 15.2. The molecule has 0 radical (unpaired) electrons. The van der Waals surface area contributed by atoms with Crippen molar-refractivity contribution in [2.45, 2.75) is 38.8 Å². The van der Waals surface area contributed by atoms with Gasteiger partial charge < -0.3 is 4.98 Å². The van der Waals surface area contributed by atoms with E-state index < -0.39 is 0 Å². The highest BCUT2D eigenvalue weighted by molar-refractivity contribution is 5.97. The van der Waals surface area contributed by atoms with Crippen molar-refractivity contribution in [3.63, 3.8) is 0 Å².